The lowest BCUT2D eigenvalue weighted by molar-refractivity contribution is -0.139. The number of guanidine groups is 1. The van der Waals surface area contributed by atoms with Gasteiger partial charge in [0.1, 0.15) is 11.9 Å². The highest BCUT2D eigenvalue weighted by molar-refractivity contribution is 6.01. The lowest BCUT2D eigenvalue weighted by atomic mass is 10.0. The molecule has 10 heteroatoms. The number of carbonyl (C=O) groups is 1. The first-order chi connectivity index (χ1) is 19.5. The molecule has 3 aromatic rings. The number of aliphatic hydroxyl groups excluding tert-OH is 2. The average Bonchev–Trinajstić information content (AvgIpc) is 3.23. The number of carboxylic acids is 1. The third-order valence-electron chi connectivity index (χ3n) is 6.69. The topological polar surface area (TPSA) is 159 Å². The first kappa shape index (κ1) is 31.4. The summed E-state index contributed by atoms with van der Waals surface area (Å²) in [5.74, 6) is -1.42. The van der Waals surface area contributed by atoms with Gasteiger partial charge in [0, 0.05) is 53.3 Å². The third-order valence-corrected chi connectivity index (χ3v) is 6.69. The number of aliphatic imine (C=N–C) groups is 1. The largest absolute Gasteiger partial charge is 0.480 e. The Morgan fingerprint density at radius 3 is 2.46 bits per heavy atom. The molecule has 0 aliphatic carbocycles. The zero-order valence-corrected chi connectivity index (χ0v) is 23.5. The molecule has 1 heterocycles. The summed E-state index contributed by atoms with van der Waals surface area (Å²) in [4.78, 5) is 15.5. The summed E-state index contributed by atoms with van der Waals surface area (Å²) in [5, 5.41) is 34.7. The Kier molecular flexibility index (Phi) is 11.1. The first-order valence-corrected chi connectivity index (χ1v) is 13.6. The number of nitrogens with one attached hydrogen (secondary N) is 1. The lowest BCUT2D eigenvalue weighted by Gasteiger charge is -2.20. The Morgan fingerprint density at radius 2 is 1.83 bits per heavy atom. The molecule has 41 heavy (non-hydrogen) atoms. The van der Waals surface area contributed by atoms with Crippen LogP contribution in [-0.2, 0) is 4.79 Å². The molecular formula is C31H40FN5O4. The summed E-state index contributed by atoms with van der Waals surface area (Å²) >= 11 is 0. The predicted octanol–water partition coefficient (Wildman–Crippen LogP) is 4.15. The van der Waals surface area contributed by atoms with Crippen molar-refractivity contribution in [3.05, 3.63) is 78.4 Å². The number of nitrogens with two attached hydrogens (primary N) is 2. The molecule has 0 bridgehead atoms. The quantitative estimate of drug-likeness (QED) is 0.0917. The van der Waals surface area contributed by atoms with Crippen LogP contribution in [0.2, 0.25) is 0 Å². The average molecular weight is 566 g/mol. The van der Waals surface area contributed by atoms with E-state index in [9.17, 15) is 24.5 Å². The molecule has 0 aliphatic heterocycles. The van der Waals surface area contributed by atoms with E-state index in [4.69, 9.17) is 11.5 Å². The summed E-state index contributed by atoms with van der Waals surface area (Å²) in [6.07, 6.45) is 2.33. The molecule has 1 aromatic heterocycles. The number of halogens is 1. The maximum atomic E-state index is 13.7. The standard InChI is InChI=1S/C31H40FN5O4/c1-19(2)37-27-9-5-4-7-25(27)29(21-10-12-22(32)13-11-21)28(37)15-14-23(38)18-24(39)17-20(3)36-26(30(40)41)8-6-16-35-31(33)34/h4-5,7,9-15,19,23-24,26,36,38-39H,3,6,8,16-18H2,1-2H3,(H,40,41)(H4,33,34,35)/b15-14+/t23-,24+,26-/m0/s1. The van der Waals surface area contributed by atoms with Crippen LogP contribution in [0.15, 0.2) is 71.9 Å². The van der Waals surface area contributed by atoms with E-state index in [1.165, 1.54) is 12.1 Å². The van der Waals surface area contributed by atoms with Crippen LogP contribution in [0.4, 0.5) is 4.39 Å². The fourth-order valence-electron chi connectivity index (χ4n) is 4.92. The molecule has 8 N–H and O–H groups in total. The van der Waals surface area contributed by atoms with E-state index in [1.807, 2.05) is 30.3 Å². The van der Waals surface area contributed by atoms with Gasteiger partial charge in [-0.15, -0.1) is 0 Å². The minimum absolute atomic E-state index is 0.0210. The molecule has 0 spiro atoms. The fraction of sp³-hybridized carbons (Fsp3) is 0.355. The molecule has 2 aromatic carbocycles. The van der Waals surface area contributed by atoms with Gasteiger partial charge in [-0.05, 0) is 56.5 Å². The second kappa shape index (κ2) is 14.5. The predicted molar refractivity (Wildman–Crippen MR) is 162 cm³/mol. The molecule has 220 valence electrons. The van der Waals surface area contributed by atoms with Crippen LogP contribution in [0.3, 0.4) is 0 Å². The van der Waals surface area contributed by atoms with Gasteiger partial charge in [0.2, 0.25) is 0 Å². The molecule has 0 saturated heterocycles. The Labute approximate surface area is 239 Å². The number of aliphatic carboxylic acids is 1. The molecule has 0 aliphatic rings. The van der Waals surface area contributed by atoms with Gasteiger partial charge in [-0.3, -0.25) is 4.99 Å². The van der Waals surface area contributed by atoms with Crippen LogP contribution in [0.5, 0.6) is 0 Å². The fourth-order valence-corrected chi connectivity index (χ4v) is 4.92. The number of fused-ring (bicyclic) bond motifs is 1. The summed E-state index contributed by atoms with van der Waals surface area (Å²) < 4.78 is 15.9. The van der Waals surface area contributed by atoms with E-state index in [-0.39, 0.29) is 37.1 Å². The number of aliphatic hydroxyl groups is 2. The number of benzene rings is 2. The number of hydrogen-bond donors (Lipinski definition) is 6. The second-order valence-electron chi connectivity index (χ2n) is 10.4. The van der Waals surface area contributed by atoms with Gasteiger partial charge in [0.15, 0.2) is 5.96 Å². The summed E-state index contributed by atoms with van der Waals surface area (Å²) in [5.41, 5.74) is 14.6. The van der Waals surface area contributed by atoms with Gasteiger partial charge >= 0.3 is 5.97 Å². The number of aromatic nitrogens is 1. The highest BCUT2D eigenvalue weighted by Crippen LogP contribution is 2.38. The van der Waals surface area contributed by atoms with Crippen LogP contribution in [0.1, 0.15) is 51.3 Å². The zero-order chi connectivity index (χ0) is 30.1. The molecule has 0 fully saturated rings. The highest BCUT2D eigenvalue weighted by atomic mass is 19.1. The van der Waals surface area contributed by atoms with E-state index in [0.717, 1.165) is 27.7 Å². The monoisotopic (exact) mass is 565 g/mol. The van der Waals surface area contributed by atoms with E-state index < -0.39 is 24.2 Å². The van der Waals surface area contributed by atoms with Crippen molar-refractivity contribution in [1.29, 1.82) is 0 Å². The van der Waals surface area contributed by atoms with Crippen molar-refractivity contribution in [2.24, 2.45) is 16.5 Å². The van der Waals surface area contributed by atoms with Crippen molar-refractivity contribution in [1.82, 2.24) is 9.88 Å². The smallest absolute Gasteiger partial charge is 0.326 e. The van der Waals surface area contributed by atoms with Crippen LogP contribution in [-0.4, -0.2) is 56.6 Å². The van der Waals surface area contributed by atoms with Crippen LogP contribution < -0.4 is 16.8 Å². The Balaban J connectivity index is 1.72. The molecule has 0 radical (unpaired) electrons. The SMILES string of the molecule is C=C(C[C@@H](O)C[C@@H](O)/C=C/c1c(-c2ccc(F)cc2)c2ccccc2n1C(C)C)N[C@@H](CCCN=C(N)N)C(=O)O. The Bertz CT molecular complexity index is 1390. The molecule has 3 atom stereocenters. The van der Waals surface area contributed by atoms with E-state index in [0.29, 0.717) is 18.7 Å². The van der Waals surface area contributed by atoms with Gasteiger partial charge in [-0.2, -0.15) is 0 Å². The van der Waals surface area contributed by atoms with Crippen molar-refractivity contribution in [3.8, 4) is 11.1 Å². The first-order valence-electron chi connectivity index (χ1n) is 13.6. The van der Waals surface area contributed by atoms with Crippen molar-refractivity contribution in [3.63, 3.8) is 0 Å². The maximum Gasteiger partial charge on any atom is 0.326 e. The zero-order valence-electron chi connectivity index (χ0n) is 23.5. The third kappa shape index (κ3) is 8.67. The normalized spacial score (nSPS) is 13.8. The molecule has 0 amide bonds. The van der Waals surface area contributed by atoms with Gasteiger partial charge in [-0.25, -0.2) is 9.18 Å². The van der Waals surface area contributed by atoms with Crippen LogP contribution in [0, 0.1) is 5.82 Å². The maximum absolute atomic E-state index is 13.7. The molecule has 0 unspecified atom stereocenters. The van der Waals surface area contributed by atoms with E-state index in [2.05, 4.69) is 35.3 Å². The molecule has 9 nitrogen and oxygen atoms in total. The van der Waals surface area contributed by atoms with Crippen molar-refractivity contribution in [2.75, 3.05) is 6.54 Å². The summed E-state index contributed by atoms with van der Waals surface area (Å²) in [7, 11) is 0. The molecule has 0 saturated carbocycles. The number of rotatable bonds is 15. The van der Waals surface area contributed by atoms with Gasteiger partial charge in [0.05, 0.1) is 12.2 Å². The minimum Gasteiger partial charge on any atom is -0.480 e. The van der Waals surface area contributed by atoms with Crippen molar-refractivity contribution in [2.45, 2.75) is 63.8 Å². The van der Waals surface area contributed by atoms with Gasteiger partial charge in [-0.1, -0.05) is 43.0 Å². The number of hydrogen-bond acceptors (Lipinski definition) is 5. The van der Waals surface area contributed by atoms with Crippen LogP contribution in [0.25, 0.3) is 28.1 Å². The lowest BCUT2D eigenvalue weighted by Crippen LogP contribution is -2.37. The number of para-hydroxylation sites is 1. The minimum atomic E-state index is -1.05. The van der Waals surface area contributed by atoms with E-state index >= 15 is 0 Å². The summed E-state index contributed by atoms with van der Waals surface area (Å²) in [6, 6.07) is 13.5. The Hall–Kier alpha value is -4.15. The number of nitrogens with zero attached hydrogens (tertiary/aromatic N) is 2. The van der Waals surface area contributed by atoms with Gasteiger partial charge < -0.3 is 36.7 Å². The Morgan fingerprint density at radius 1 is 1.15 bits per heavy atom. The van der Waals surface area contributed by atoms with Crippen molar-refractivity contribution < 1.29 is 24.5 Å². The summed E-state index contributed by atoms with van der Waals surface area (Å²) in [6.45, 7) is 8.30. The molecule has 3 rings (SSSR count). The molecular weight excluding hydrogens is 525 g/mol. The number of carboxylic acid groups (broad SMARTS) is 1. The highest BCUT2D eigenvalue weighted by Gasteiger charge is 2.21. The van der Waals surface area contributed by atoms with Gasteiger partial charge in [0.25, 0.3) is 0 Å². The van der Waals surface area contributed by atoms with Crippen LogP contribution >= 0.6 is 0 Å². The second-order valence-corrected chi connectivity index (χ2v) is 10.4. The van der Waals surface area contributed by atoms with Crippen molar-refractivity contribution >= 4 is 28.9 Å². The van der Waals surface area contributed by atoms with E-state index in [1.54, 1.807) is 18.2 Å².